The van der Waals surface area contributed by atoms with Gasteiger partial charge in [-0.2, -0.15) is 0 Å². The van der Waals surface area contributed by atoms with Crippen molar-refractivity contribution in [2.45, 2.75) is 0 Å². The van der Waals surface area contributed by atoms with Crippen LogP contribution in [0.2, 0.25) is 0 Å². The minimum Gasteiger partial charge on any atom is -0.508 e. The van der Waals surface area contributed by atoms with E-state index in [1.54, 1.807) is 24.1 Å². The van der Waals surface area contributed by atoms with Gasteiger partial charge in [0.15, 0.2) is 0 Å². The molecule has 0 bridgehead atoms. The molecule has 2 aromatic carbocycles. The van der Waals surface area contributed by atoms with Gasteiger partial charge in [-0.05, 0) is 48.5 Å². The molecule has 5 heteroatoms. The number of anilines is 1. The molecular formula is C19H25N2O3+. The predicted octanol–water partition coefficient (Wildman–Crippen LogP) is 1.18. The lowest BCUT2D eigenvalue weighted by Crippen LogP contribution is -3.15. The smallest absolute Gasteiger partial charge is 0.137 e. The molecule has 1 aliphatic heterocycles. The van der Waals surface area contributed by atoms with Crippen molar-refractivity contribution in [2.75, 3.05) is 51.3 Å². The normalized spacial score (nSPS) is 15.3. The summed E-state index contributed by atoms with van der Waals surface area (Å²) in [7, 11) is 1.66. The minimum atomic E-state index is 0.318. The number of phenolic OH excluding ortho intramolecular Hbond substituents is 1. The van der Waals surface area contributed by atoms with Crippen molar-refractivity contribution in [2.24, 2.45) is 0 Å². The van der Waals surface area contributed by atoms with Crippen LogP contribution < -0.4 is 19.3 Å². The van der Waals surface area contributed by atoms with Gasteiger partial charge >= 0.3 is 0 Å². The van der Waals surface area contributed by atoms with Crippen LogP contribution in [0.15, 0.2) is 48.5 Å². The first-order valence-corrected chi connectivity index (χ1v) is 8.39. The lowest BCUT2D eigenvalue weighted by molar-refractivity contribution is -0.900. The molecule has 2 N–H and O–H groups in total. The molecule has 0 atom stereocenters. The molecule has 128 valence electrons. The van der Waals surface area contributed by atoms with Crippen molar-refractivity contribution in [1.82, 2.24) is 0 Å². The molecule has 0 amide bonds. The van der Waals surface area contributed by atoms with E-state index < -0.39 is 0 Å². The van der Waals surface area contributed by atoms with Crippen molar-refractivity contribution in [3.8, 4) is 17.2 Å². The van der Waals surface area contributed by atoms with Gasteiger partial charge in [0.1, 0.15) is 30.4 Å². The van der Waals surface area contributed by atoms with E-state index in [2.05, 4.69) is 4.90 Å². The van der Waals surface area contributed by atoms with Crippen LogP contribution in [0.4, 0.5) is 5.69 Å². The van der Waals surface area contributed by atoms with E-state index in [0.29, 0.717) is 5.75 Å². The van der Waals surface area contributed by atoms with E-state index in [0.717, 1.165) is 50.8 Å². The Bertz CT molecular complexity index is 620. The van der Waals surface area contributed by atoms with Crippen molar-refractivity contribution in [1.29, 1.82) is 0 Å². The largest absolute Gasteiger partial charge is 0.508 e. The number of nitrogens with zero attached hydrogens (tertiary/aromatic N) is 1. The Hall–Kier alpha value is -2.40. The van der Waals surface area contributed by atoms with E-state index in [9.17, 15) is 5.11 Å². The highest BCUT2D eigenvalue weighted by Gasteiger charge is 2.19. The molecule has 1 fully saturated rings. The van der Waals surface area contributed by atoms with E-state index >= 15 is 0 Å². The lowest BCUT2D eigenvalue weighted by atomic mass is 10.2. The number of hydrogen-bond donors (Lipinski definition) is 2. The molecule has 1 aliphatic rings. The van der Waals surface area contributed by atoms with Gasteiger partial charge in [0, 0.05) is 5.69 Å². The second-order valence-electron chi connectivity index (χ2n) is 6.03. The molecule has 24 heavy (non-hydrogen) atoms. The summed E-state index contributed by atoms with van der Waals surface area (Å²) in [4.78, 5) is 3.94. The number of hydrogen-bond acceptors (Lipinski definition) is 4. The van der Waals surface area contributed by atoms with Crippen LogP contribution in [0, 0.1) is 0 Å². The summed E-state index contributed by atoms with van der Waals surface area (Å²) in [6.45, 7) is 6.00. The van der Waals surface area contributed by atoms with Gasteiger partial charge in [-0.1, -0.05) is 0 Å². The van der Waals surface area contributed by atoms with Crippen LogP contribution in [-0.2, 0) is 0 Å². The average Bonchev–Trinajstić information content (AvgIpc) is 2.64. The number of rotatable bonds is 6. The highest BCUT2D eigenvalue weighted by molar-refractivity contribution is 5.48. The molecule has 5 nitrogen and oxygen atoms in total. The highest BCUT2D eigenvalue weighted by atomic mass is 16.5. The number of methoxy groups -OCH3 is 1. The molecule has 1 saturated heterocycles. The Labute approximate surface area is 143 Å². The maximum absolute atomic E-state index is 9.37. The van der Waals surface area contributed by atoms with Gasteiger partial charge in [0.25, 0.3) is 0 Å². The zero-order chi connectivity index (χ0) is 16.8. The molecule has 0 aliphatic carbocycles. The minimum absolute atomic E-state index is 0.318. The first-order chi connectivity index (χ1) is 11.7. The SMILES string of the molecule is COc1ccc(OCC[NH+]2CCN(c3ccc(O)cc3)CC2)cc1. The molecule has 0 spiro atoms. The highest BCUT2D eigenvalue weighted by Crippen LogP contribution is 2.18. The van der Waals surface area contributed by atoms with E-state index in [1.165, 1.54) is 5.69 Å². The fourth-order valence-corrected chi connectivity index (χ4v) is 2.98. The van der Waals surface area contributed by atoms with Gasteiger partial charge in [0.05, 0.1) is 33.3 Å². The summed E-state index contributed by atoms with van der Waals surface area (Å²) in [6, 6.07) is 15.2. The topological polar surface area (TPSA) is 46.4 Å². The van der Waals surface area contributed by atoms with E-state index in [1.807, 2.05) is 36.4 Å². The third-order valence-corrected chi connectivity index (χ3v) is 4.47. The van der Waals surface area contributed by atoms with Crippen LogP contribution >= 0.6 is 0 Å². The van der Waals surface area contributed by atoms with Gasteiger partial charge in [-0.15, -0.1) is 0 Å². The van der Waals surface area contributed by atoms with Crippen molar-refractivity contribution in [3.05, 3.63) is 48.5 Å². The molecular weight excluding hydrogens is 304 g/mol. The van der Waals surface area contributed by atoms with E-state index in [-0.39, 0.29) is 0 Å². The Balaban J connectivity index is 1.39. The number of ether oxygens (including phenoxy) is 2. The van der Waals surface area contributed by atoms with Crippen molar-refractivity contribution in [3.63, 3.8) is 0 Å². The fourth-order valence-electron chi connectivity index (χ4n) is 2.98. The third-order valence-electron chi connectivity index (χ3n) is 4.47. The zero-order valence-corrected chi connectivity index (χ0v) is 14.1. The lowest BCUT2D eigenvalue weighted by Gasteiger charge is -2.33. The fraction of sp³-hybridized carbons (Fsp3) is 0.368. The standard InChI is InChI=1S/C19H24N2O3/c1-23-18-6-8-19(9-7-18)24-15-14-20-10-12-21(13-11-20)16-2-4-17(22)5-3-16/h2-9,22H,10-15H2,1H3/p+1. The quantitative estimate of drug-likeness (QED) is 0.836. The summed E-state index contributed by atoms with van der Waals surface area (Å²) in [5.41, 5.74) is 1.18. The number of nitrogens with one attached hydrogen (secondary N) is 1. The van der Waals surface area contributed by atoms with E-state index in [4.69, 9.17) is 9.47 Å². The maximum atomic E-state index is 9.37. The van der Waals surface area contributed by atoms with Gasteiger partial charge in [0.2, 0.25) is 0 Å². The van der Waals surface area contributed by atoms with Gasteiger partial charge in [-0.25, -0.2) is 0 Å². The van der Waals surface area contributed by atoms with Crippen LogP contribution in [0.1, 0.15) is 0 Å². The molecule has 0 radical (unpaired) electrons. The molecule has 0 aromatic heterocycles. The monoisotopic (exact) mass is 329 g/mol. The second kappa shape index (κ2) is 7.93. The number of phenols is 1. The maximum Gasteiger partial charge on any atom is 0.137 e. The molecule has 3 rings (SSSR count). The summed E-state index contributed by atoms with van der Waals surface area (Å²) in [6.07, 6.45) is 0. The van der Waals surface area contributed by atoms with Crippen LogP contribution in [0.25, 0.3) is 0 Å². The molecule has 0 saturated carbocycles. The Kier molecular flexibility index (Phi) is 5.43. The Morgan fingerprint density at radius 2 is 1.58 bits per heavy atom. The summed E-state index contributed by atoms with van der Waals surface area (Å²) < 4.78 is 11.0. The zero-order valence-electron chi connectivity index (χ0n) is 14.1. The van der Waals surface area contributed by atoms with Crippen LogP contribution in [0.5, 0.6) is 17.2 Å². The van der Waals surface area contributed by atoms with Crippen LogP contribution in [0.3, 0.4) is 0 Å². The summed E-state index contributed by atoms with van der Waals surface area (Å²) in [5.74, 6) is 2.05. The number of quaternary nitrogens is 1. The van der Waals surface area contributed by atoms with Crippen molar-refractivity contribution < 1.29 is 19.5 Å². The van der Waals surface area contributed by atoms with Crippen molar-refractivity contribution >= 4 is 5.69 Å². The second-order valence-corrected chi connectivity index (χ2v) is 6.03. The first kappa shape index (κ1) is 16.5. The molecule has 1 heterocycles. The average molecular weight is 329 g/mol. The van der Waals surface area contributed by atoms with Gasteiger partial charge < -0.3 is 24.4 Å². The Morgan fingerprint density at radius 3 is 2.21 bits per heavy atom. The summed E-state index contributed by atoms with van der Waals surface area (Å²) >= 11 is 0. The first-order valence-electron chi connectivity index (χ1n) is 8.39. The molecule has 0 unspecified atom stereocenters. The third kappa shape index (κ3) is 4.32. The Morgan fingerprint density at radius 1 is 0.958 bits per heavy atom. The van der Waals surface area contributed by atoms with Crippen LogP contribution in [-0.4, -0.2) is 51.5 Å². The van der Waals surface area contributed by atoms with Gasteiger partial charge in [-0.3, -0.25) is 0 Å². The predicted molar refractivity (Wildman–Crippen MR) is 94.4 cm³/mol. The summed E-state index contributed by atoms with van der Waals surface area (Å²) in [5, 5.41) is 9.37. The number of aromatic hydroxyl groups is 1. The molecule has 2 aromatic rings. The number of piperazine rings is 1. The number of benzene rings is 2.